The van der Waals surface area contributed by atoms with Gasteiger partial charge >= 0.3 is 0 Å². The van der Waals surface area contributed by atoms with Crippen LogP contribution in [-0.4, -0.2) is 28.6 Å². The van der Waals surface area contributed by atoms with Crippen LogP contribution >= 0.6 is 23.5 Å². The number of hydrogen-bond donors (Lipinski definition) is 0. The van der Waals surface area contributed by atoms with Gasteiger partial charge < -0.3 is 4.42 Å². The highest BCUT2D eigenvalue weighted by Crippen LogP contribution is 2.31. The van der Waals surface area contributed by atoms with E-state index in [1.54, 1.807) is 30.3 Å². The largest absolute Gasteiger partial charge is 0.468 e. The number of para-hydroxylation sites is 2. The molecule has 9 heteroatoms. The first kappa shape index (κ1) is 20.1. The number of thioether (sulfide) groups is 2. The summed E-state index contributed by atoms with van der Waals surface area (Å²) in [7, 11) is -3.47. The average molecular weight is 446 g/mol. The summed E-state index contributed by atoms with van der Waals surface area (Å²) in [5.74, 6) is 2.19. The van der Waals surface area contributed by atoms with Crippen LogP contribution in [0.5, 0.6) is 0 Å². The maximum Gasteiger partial charge on any atom is 0.238 e. The fourth-order valence-electron chi connectivity index (χ4n) is 2.93. The summed E-state index contributed by atoms with van der Waals surface area (Å²) in [6.07, 6.45) is 4.65. The molecule has 4 aromatic rings. The third-order valence-electron chi connectivity index (χ3n) is 4.37. The van der Waals surface area contributed by atoms with Gasteiger partial charge in [0.1, 0.15) is 5.76 Å². The minimum absolute atomic E-state index is 0.448. The van der Waals surface area contributed by atoms with Gasteiger partial charge in [-0.15, -0.1) is 11.8 Å². The molecule has 0 atom stereocenters. The molecule has 0 saturated carbocycles. The molecule has 0 bridgehead atoms. The molecule has 0 aliphatic rings. The Bertz CT molecular complexity index is 1250. The normalized spacial score (nSPS) is 11.9. The Hall–Kier alpha value is -2.23. The predicted octanol–water partition coefficient (Wildman–Crippen LogP) is 4.73. The predicted molar refractivity (Wildman–Crippen MR) is 117 cm³/mol. The first-order valence-corrected chi connectivity index (χ1v) is 12.7. The second-order valence-corrected chi connectivity index (χ2v) is 10.2. The van der Waals surface area contributed by atoms with E-state index in [-0.39, 0.29) is 0 Å². The highest BCUT2D eigenvalue weighted by Gasteiger charge is 2.19. The molecular formula is C20H19N3O3S3. The number of benzene rings is 1. The second-order valence-electron chi connectivity index (χ2n) is 6.45. The molecule has 150 valence electrons. The van der Waals surface area contributed by atoms with Crippen LogP contribution in [-0.2, 0) is 21.5 Å². The smallest absolute Gasteiger partial charge is 0.238 e. The molecule has 0 aliphatic carbocycles. The topological polar surface area (TPSA) is 78.0 Å². The molecule has 1 aromatic carbocycles. The minimum atomic E-state index is -3.47. The fourth-order valence-corrected chi connectivity index (χ4v) is 6.22. The summed E-state index contributed by atoms with van der Waals surface area (Å²) in [5, 5.41) is 0.448. The van der Waals surface area contributed by atoms with E-state index in [2.05, 4.69) is 9.97 Å². The lowest BCUT2D eigenvalue weighted by Crippen LogP contribution is -2.11. The molecule has 29 heavy (non-hydrogen) atoms. The summed E-state index contributed by atoms with van der Waals surface area (Å²) in [6.45, 7) is 2.03. The molecule has 0 N–H and O–H groups in total. The first-order chi connectivity index (χ1) is 13.9. The standard InChI is InChI=1S/C20H19N3O3S3/c1-14-17(21-10-9-19(14)27-12-15-6-5-11-26-15)13-28-20-22-16-7-3-4-8-18(16)23(20)29(2,24)25/h3-11H,12-13H2,1-2H3. The van der Waals surface area contributed by atoms with Gasteiger partial charge in [-0.2, -0.15) is 0 Å². The van der Waals surface area contributed by atoms with Crippen molar-refractivity contribution in [2.75, 3.05) is 6.26 Å². The zero-order valence-electron chi connectivity index (χ0n) is 15.9. The van der Waals surface area contributed by atoms with Gasteiger partial charge in [0.25, 0.3) is 0 Å². The maximum absolute atomic E-state index is 12.3. The van der Waals surface area contributed by atoms with Crippen molar-refractivity contribution in [3.63, 3.8) is 0 Å². The SMILES string of the molecule is Cc1c(SCc2ccco2)ccnc1CSc1nc2ccccc2n1S(C)(=O)=O. The first-order valence-electron chi connectivity index (χ1n) is 8.84. The molecule has 0 aliphatic heterocycles. The van der Waals surface area contributed by atoms with Gasteiger partial charge in [-0.05, 0) is 42.8 Å². The van der Waals surface area contributed by atoms with Crippen LogP contribution in [0.3, 0.4) is 0 Å². The molecule has 6 nitrogen and oxygen atoms in total. The molecule has 0 fully saturated rings. The van der Waals surface area contributed by atoms with E-state index in [0.29, 0.717) is 21.9 Å². The molecule has 4 rings (SSSR count). The van der Waals surface area contributed by atoms with E-state index in [9.17, 15) is 8.42 Å². The van der Waals surface area contributed by atoms with E-state index in [1.807, 2.05) is 43.3 Å². The van der Waals surface area contributed by atoms with Crippen molar-refractivity contribution in [3.05, 3.63) is 71.9 Å². The number of imidazole rings is 1. The second kappa shape index (κ2) is 8.25. The van der Waals surface area contributed by atoms with Gasteiger partial charge in [0.15, 0.2) is 5.16 Å². The summed E-state index contributed by atoms with van der Waals surface area (Å²) >= 11 is 3.07. The van der Waals surface area contributed by atoms with Crippen LogP contribution < -0.4 is 0 Å². The van der Waals surface area contributed by atoms with E-state index < -0.39 is 10.0 Å². The highest BCUT2D eigenvalue weighted by atomic mass is 32.2. The Morgan fingerprint density at radius 1 is 1.07 bits per heavy atom. The molecule has 0 unspecified atom stereocenters. The summed E-state index contributed by atoms with van der Waals surface area (Å²) in [6, 6.07) is 13.1. The molecular weight excluding hydrogens is 426 g/mol. The zero-order valence-corrected chi connectivity index (χ0v) is 18.4. The maximum atomic E-state index is 12.3. The lowest BCUT2D eigenvalue weighted by Gasteiger charge is -2.10. The Morgan fingerprint density at radius 3 is 2.66 bits per heavy atom. The van der Waals surface area contributed by atoms with E-state index in [1.165, 1.54) is 22.0 Å². The quantitative estimate of drug-likeness (QED) is 0.381. The van der Waals surface area contributed by atoms with Gasteiger partial charge in [-0.3, -0.25) is 4.98 Å². The van der Waals surface area contributed by atoms with E-state index >= 15 is 0 Å². The number of pyridine rings is 1. The van der Waals surface area contributed by atoms with Crippen molar-refractivity contribution < 1.29 is 12.8 Å². The number of furan rings is 1. The monoisotopic (exact) mass is 445 g/mol. The van der Waals surface area contributed by atoms with Crippen molar-refractivity contribution in [3.8, 4) is 0 Å². The molecule has 0 saturated heterocycles. The van der Waals surface area contributed by atoms with Crippen molar-refractivity contribution in [1.82, 2.24) is 13.9 Å². The van der Waals surface area contributed by atoms with Crippen LogP contribution in [0.1, 0.15) is 17.0 Å². The Labute approximate surface area is 177 Å². The lowest BCUT2D eigenvalue weighted by atomic mass is 10.2. The van der Waals surface area contributed by atoms with Crippen LogP contribution in [0.15, 0.2) is 69.4 Å². The van der Waals surface area contributed by atoms with Crippen LogP contribution in [0.2, 0.25) is 0 Å². The summed E-state index contributed by atoms with van der Waals surface area (Å²) < 4.78 is 31.4. The molecule has 0 amide bonds. The van der Waals surface area contributed by atoms with E-state index in [4.69, 9.17) is 4.42 Å². The van der Waals surface area contributed by atoms with Crippen molar-refractivity contribution in [1.29, 1.82) is 0 Å². The highest BCUT2D eigenvalue weighted by molar-refractivity contribution is 7.99. The third kappa shape index (κ3) is 4.36. The van der Waals surface area contributed by atoms with Gasteiger partial charge in [0.2, 0.25) is 10.0 Å². The Balaban J connectivity index is 1.57. The van der Waals surface area contributed by atoms with Crippen molar-refractivity contribution >= 4 is 44.6 Å². The Kier molecular flexibility index (Phi) is 5.71. The van der Waals surface area contributed by atoms with Crippen molar-refractivity contribution in [2.45, 2.75) is 28.5 Å². The van der Waals surface area contributed by atoms with Gasteiger partial charge in [-0.25, -0.2) is 17.4 Å². The average Bonchev–Trinajstić information content (AvgIpc) is 3.33. The van der Waals surface area contributed by atoms with Gasteiger partial charge in [0, 0.05) is 16.8 Å². The molecule has 0 spiro atoms. The number of nitrogens with zero attached hydrogens (tertiary/aromatic N) is 3. The minimum Gasteiger partial charge on any atom is -0.468 e. The van der Waals surface area contributed by atoms with Crippen LogP contribution in [0.4, 0.5) is 0 Å². The number of rotatable bonds is 7. The zero-order chi connectivity index (χ0) is 20.4. The molecule has 3 aromatic heterocycles. The summed E-state index contributed by atoms with van der Waals surface area (Å²) in [4.78, 5) is 10.1. The number of fused-ring (bicyclic) bond motifs is 1. The van der Waals surface area contributed by atoms with Crippen LogP contribution in [0.25, 0.3) is 11.0 Å². The van der Waals surface area contributed by atoms with Crippen molar-refractivity contribution in [2.24, 2.45) is 0 Å². The van der Waals surface area contributed by atoms with Gasteiger partial charge in [0.05, 0.1) is 35.0 Å². The van der Waals surface area contributed by atoms with Gasteiger partial charge in [-0.1, -0.05) is 23.9 Å². The fraction of sp³-hybridized carbons (Fsp3) is 0.200. The third-order valence-corrected chi connectivity index (χ3v) is 7.65. The van der Waals surface area contributed by atoms with E-state index in [0.717, 1.165) is 27.7 Å². The Morgan fingerprint density at radius 2 is 1.90 bits per heavy atom. The summed E-state index contributed by atoms with van der Waals surface area (Å²) in [5.41, 5.74) is 3.24. The lowest BCUT2D eigenvalue weighted by molar-refractivity contribution is 0.530. The molecule has 0 radical (unpaired) electrons. The number of aromatic nitrogens is 3. The number of hydrogen-bond acceptors (Lipinski definition) is 7. The molecule has 3 heterocycles. The van der Waals surface area contributed by atoms with Crippen LogP contribution in [0, 0.1) is 6.92 Å².